The Labute approximate surface area is 123 Å². The zero-order valence-corrected chi connectivity index (χ0v) is 11.9. The van der Waals surface area contributed by atoms with Crippen molar-refractivity contribution < 1.29 is 27.8 Å². The number of aliphatic carboxylic acids is 1. The van der Waals surface area contributed by atoms with E-state index in [0.717, 1.165) is 10.4 Å². The highest BCUT2D eigenvalue weighted by molar-refractivity contribution is 7.89. The second-order valence-electron chi connectivity index (χ2n) is 4.99. The molecule has 3 rings (SSSR count). The lowest BCUT2D eigenvalue weighted by atomic mass is 10.2. The van der Waals surface area contributed by atoms with Gasteiger partial charge in [-0.1, -0.05) is 0 Å². The van der Waals surface area contributed by atoms with Gasteiger partial charge >= 0.3 is 11.7 Å². The number of nitrogens with zero attached hydrogens (tertiary/aromatic N) is 1. The van der Waals surface area contributed by atoms with Crippen LogP contribution in [-0.4, -0.2) is 52.6 Å². The largest absolute Gasteiger partial charge is 0.480 e. The summed E-state index contributed by atoms with van der Waals surface area (Å²) in [7, 11) is -4.13. The van der Waals surface area contributed by atoms with Gasteiger partial charge in [0.25, 0.3) is 0 Å². The number of hydrogen-bond donors (Lipinski definition) is 3. The number of nitrogens with one attached hydrogen (secondary N) is 1. The van der Waals surface area contributed by atoms with Gasteiger partial charge in [-0.3, -0.25) is 9.78 Å². The Hall–Kier alpha value is -2.17. The summed E-state index contributed by atoms with van der Waals surface area (Å²) in [6, 6.07) is 2.42. The van der Waals surface area contributed by atoms with Crippen molar-refractivity contribution >= 4 is 27.1 Å². The number of aliphatic hydroxyl groups is 1. The SMILES string of the molecule is O=C(O)[C@@H]1C[C@H](O)CN1S(=O)(=O)c1ccc2[nH]c(=O)oc2c1. The van der Waals surface area contributed by atoms with Crippen LogP contribution in [0.2, 0.25) is 0 Å². The molecule has 10 heteroatoms. The van der Waals surface area contributed by atoms with Crippen molar-refractivity contribution in [2.45, 2.75) is 23.5 Å². The van der Waals surface area contributed by atoms with Crippen molar-refractivity contribution in [2.24, 2.45) is 0 Å². The van der Waals surface area contributed by atoms with Crippen LogP contribution in [0.3, 0.4) is 0 Å². The summed E-state index contributed by atoms with van der Waals surface area (Å²) in [5.41, 5.74) is 0.387. The van der Waals surface area contributed by atoms with Gasteiger partial charge in [-0.15, -0.1) is 0 Å². The van der Waals surface area contributed by atoms with Crippen LogP contribution in [0.1, 0.15) is 6.42 Å². The molecule has 2 aromatic rings. The fraction of sp³-hybridized carbons (Fsp3) is 0.333. The van der Waals surface area contributed by atoms with Gasteiger partial charge in [-0.2, -0.15) is 4.31 Å². The monoisotopic (exact) mass is 328 g/mol. The summed E-state index contributed by atoms with van der Waals surface area (Å²) in [5.74, 6) is -2.04. The number of carbonyl (C=O) groups is 1. The lowest BCUT2D eigenvalue weighted by Crippen LogP contribution is -2.40. The molecule has 3 N–H and O–H groups in total. The number of sulfonamides is 1. The molecular weight excluding hydrogens is 316 g/mol. The molecule has 1 saturated heterocycles. The standard InChI is InChI=1S/C12H12N2O7S/c15-6-3-9(11(16)17)14(5-6)22(19,20)7-1-2-8-10(4-7)21-12(18)13-8/h1-2,4,6,9,15H,3,5H2,(H,13,18)(H,16,17)/t6-,9-/m0/s1. The molecule has 0 bridgehead atoms. The predicted octanol–water partition coefficient (Wildman–Crippen LogP) is -0.670. The van der Waals surface area contributed by atoms with Crippen LogP contribution in [0.15, 0.2) is 32.3 Å². The number of β-amino-alcohol motifs (C(OH)–C–C–N with tert-alkyl or cyclic N) is 1. The van der Waals surface area contributed by atoms with Crippen LogP contribution in [-0.2, 0) is 14.8 Å². The van der Waals surface area contributed by atoms with E-state index in [-0.39, 0.29) is 23.4 Å². The molecule has 0 aliphatic carbocycles. The number of aliphatic hydroxyl groups excluding tert-OH is 1. The van der Waals surface area contributed by atoms with E-state index in [1.807, 2.05) is 0 Å². The van der Waals surface area contributed by atoms with E-state index in [1.54, 1.807) is 0 Å². The summed E-state index contributed by atoms with van der Waals surface area (Å²) in [6.45, 7) is -0.297. The number of benzene rings is 1. The minimum Gasteiger partial charge on any atom is -0.480 e. The molecule has 118 valence electrons. The number of carboxylic acid groups (broad SMARTS) is 1. The quantitative estimate of drug-likeness (QED) is 0.678. The van der Waals surface area contributed by atoms with Crippen molar-refractivity contribution in [3.05, 3.63) is 28.7 Å². The summed E-state index contributed by atoms with van der Waals surface area (Å²) >= 11 is 0. The van der Waals surface area contributed by atoms with Crippen LogP contribution in [0.25, 0.3) is 11.1 Å². The molecule has 1 aromatic carbocycles. The van der Waals surface area contributed by atoms with Crippen molar-refractivity contribution in [1.82, 2.24) is 9.29 Å². The van der Waals surface area contributed by atoms with E-state index < -0.39 is 33.9 Å². The van der Waals surface area contributed by atoms with Crippen LogP contribution in [0.5, 0.6) is 0 Å². The maximum atomic E-state index is 12.6. The van der Waals surface area contributed by atoms with Gasteiger partial charge in [0.2, 0.25) is 10.0 Å². The molecule has 0 unspecified atom stereocenters. The Morgan fingerprint density at radius 3 is 2.82 bits per heavy atom. The number of hydrogen-bond acceptors (Lipinski definition) is 6. The van der Waals surface area contributed by atoms with Gasteiger partial charge in [0.15, 0.2) is 5.58 Å². The maximum Gasteiger partial charge on any atom is 0.417 e. The van der Waals surface area contributed by atoms with Gasteiger partial charge in [0, 0.05) is 19.0 Å². The molecule has 2 atom stereocenters. The molecule has 22 heavy (non-hydrogen) atoms. The average molecular weight is 328 g/mol. The Bertz CT molecular complexity index is 898. The number of rotatable bonds is 3. The number of aromatic nitrogens is 1. The topological polar surface area (TPSA) is 141 Å². The van der Waals surface area contributed by atoms with Gasteiger partial charge < -0.3 is 14.6 Å². The summed E-state index contributed by atoms with van der Waals surface area (Å²) in [5, 5.41) is 18.7. The lowest BCUT2D eigenvalue weighted by Gasteiger charge is -2.20. The van der Waals surface area contributed by atoms with E-state index in [2.05, 4.69) is 4.98 Å². The van der Waals surface area contributed by atoms with E-state index in [0.29, 0.717) is 5.52 Å². The molecule has 1 fully saturated rings. The number of oxazole rings is 1. The first-order chi connectivity index (χ1) is 10.3. The van der Waals surface area contributed by atoms with Crippen molar-refractivity contribution in [3.63, 3.8) is 0 Å². The third-order valence-electron chi connectivity index (χ3n) is 3.52. The van der Waals surface area contributed by atoms with Crippen LogP contribution in [0.4, 0.5) is 0 Å². The van der Waals surface area contributed by atoms with Crippen molar-refractivity contribution in [3.8, 4) is 0 Å². The fourth-order valence-corrected chi connectivity index (χ4v) is 4.14. The van der Waals surface area contributed by atoms with Crippen molar-refractivity contribution in [1.29, 1.82) is 0 Å². The number of H-pyrrole nitrogens is 1. The number of fused-ring (bicyclic) bond motifs is 1. The van der Waals surface area contributed by atoms with Gasteiger partial charge in [0.1, 0.15) is 6.04 Å². The van der Waals surface area contributed by atoms with Gasteiger partial charge in [-0.25, -0.2) is 13.2 Å². The van der Waals surface area contributed by atoms with E-state index in [1.165, 1.54) is 12.1 Å². The summed E-state index contributed by atoms with van der Waals surface area (Å²) in [6.07, 6.45) is -1.21. The molecule has 1 aliphatic rings. The molecule has 0 amide bonds. The zero-order chi connectivity index (χ0) is 16.1. The third kappa shape index (κ3) is 2.30. The van der Waals surface area contributed by atoms with E-state index in [9.17, 15) is 23.1 Å². The highest BCUT2D eigenvalue weighted by Gasteiger charge is 2.43. The highest BCUT2D eigenvalue weighted by Crippen LogP contribution is 2.28. The molecule has 1 aromatic heterocycles. The molecule has 0 spiro atoms. The second-order valence-corrected chi connectivity index (χ2v) is 6.88. The third-order valence-corrected chi connectivity index (χ3v) is 5.39. The van der Waals surface area contributed by atoms with E-state index in [4.69, 9.17) is 9.52 Å². The number of carboxylic acids is 1. The molecule has 0 radical (unpaired) electrons. The molecule has 0 saturated carbocycles. The maximum absolute atomic E-state index is 12.6. The first kappa shape index (κ1) is 14.8. The van der Waals surface area contributed by atoms with Crippen LogP contribution in [0, 0.1) is 0 Å². The van der Waals surface area contributed by atoms with Crippen LogP contribution < -0.4 is 5.76 Å². The molecular formula is C12H12N2O7S. The summed E-state index contributed by atoms with van der Waals surface area (Å²) in [4.78, 5) is 24.4. The molecule has 2 heterocycles. The van der Waals surface area contributed by atoms with Gasteiger partial charge in [0.05, 0.1) is 16.5 Å². The minimum absolute atomic E-state index is 0.0534. The van der Waals surface area contributed by atoms with Gasteiger partial charge in [-0.05, 0) is 12.1 Å². The Balaban J connectivity index is 2.07. The summed E-state index contributed by atoms with van der Waals surface area (Å²) < 4.78 is 30.7. The molecule has 9 nitrogen and oxygen atoms in total. The predicted molar refractivity (Wildman–Crippen MR) is 72.8 cm³/mol. The highest BCUT2D eigenvalue weighted by atomic mass is 32.2. The zero-order valence-electron chi connectivity index (χ0n) is 11.1. The fourth-order valence-electron chi connectivity index (χ4n) is 2.50. The second kappa shape index (κ2) is 4.93. The first-order valence-electron chi connectivity index (χ1n) is 6.34. The Morgan fingerprint density at radius 2 is 2.14 bits per heavy atom. The smallest absolute Gasteiger partial charge is 0.417 e. The normalized spacial score (nSPS) is 23.1. The first-order valence-corrected chi connectivity index (χ1v) is 7.78. The number of aromatic amines is 1. The van der Waals surface area contributed by atoms with Crippen LogP contribution >= 0.6 is 0 Å². The minimum atomic E-state index is -4.13. The lowest BCUT2D eigenvalue weighted by molar-refractivity contribution is -0.140. The Kier molecular flexibility index (Phi) is 3.31. The van der Waals surface area contributed by atoms with Crippen molar-refractivity contribution in [2.75, 3.05) is 6.54 Å². The van der Waals surface area contributed by atoms with E-state index >= 15 is 0 Å². The average Bonchev–Trinajstić information content (AvgIpc) is 2.99. The Morgan fingerprint density at radius 1 is 1.41 bits per heavy atom. The molecule has 1 aliphatic heterocycles.